The highest BCUT2D eigenvalue weighted by Gasteiger charge is 2.82. The average Bonchev–Trinajstić information content (AvgIpc) is 2.51. The highest BCUT2D eigenvalue weighted by atomic mass is 14.9. The maximum atomic E-state index is 2.39. The maximum Gasteiger partial charge on any atom is -0.0207 e. The fourth-order valence-electron chi connectivity index (χ4n) is 2.99. The fraction of sp³-hybridized carbons (Fsp3) is 1.00. The van der Waals surface area contributed by atoms with Crippen LogP contribution in [0.3, 0.4) is 0 Å². The maximum absolute atomic E-state index is 2.39. The largest absolute Gasteiger partial charge is 0.0654 e. The summed E-state index contributed by atoms with van der Waals surface area (Å²) < 4.78 is 0. The van der Waals surface area contributed by atoms with E-state index in [1.54, 1.807) is 12.8 Å². The monoisotopic (exact) mass is 138 g/mol. The molecule has 0 aromatic heterocycles. The lowest BCUT2D eigenvalue weighted by molar-refractivity contribution is 0.456. The zero-order valence-corrected chi connectivity index (χ0v) is 7.41. The normalized spacial score (nSPS) is 49.2. The Bertz CT molecular complexity index is 149. The molecule has 0 amide bonds. The van der Waals surface area contributed by atoms with E-state index in [2.05, 4.69) is 20.8 Å². The van der Waals surface area contributed by atoms with Crippen LogP contribution < -0.4 is 0 Å². The van der Waals surface area contributed by atoms with E-state index in [9.17, 15) is 0 Å². The zero-order valence-electron chi connectivity index (χ0n) is 7.41. The van der Waals surface area contributed by atoms with Crippen LogP contribution in [0.2, 0.25) is 0 Å². The lowest BCUT2D eigenvalue weighted by Crippen LogP contribution is -1.95. The Kier molecular flexibility index (Phi) is 1.07. The topological polar surface area (TPSA) is 0 Å². The number of hydrogen-bond acceptors (Lipinski definition) is 0. The molecule has 0 atom stereocenters. The molecule has 2 rings (SSSR count). The zero-order chi connectivity index (χ0) is 7.41. The van der Waals surface area contributed by atoms with Gasteiger partial charge >= 0.3 is 0 Å². The molecule has 0 heterocycles. The van der Waals surface area contributed by atoms with Crippen LogP contribution in [0.4, 0.5) is 0 Å². The molecule has 0 saturated heterocycles. The molecule has 0 aromatic rings. The fourth-order valence-corrected chi connectivity index (χ4v) is 2.99. The molecule has 0 unspecified atom stereocenters. The summed E-state index contributed by atoms with van der Waals surface area (Å²) in [5.41, 5.74) is 1.75. The minimum atomic E-state index is 0.864. The molecule has 0 bridgehead atoms. The van der Waals surface area contributed by atoms with Crippen LogP contribution in [0, 0.1) is 16.7 Å². The van der Waals surface area contributed by atoms with Crippen LogP contribution in [0.15, 0.2) is 0 Å². The lowest BCUT2D eigenvalue weighted by atomic mass is 10.0. The van der Waals surface area contributed by atoms with Crippen molar-refractivity contribution < 1.29 is 0 Å². The second kappa shape index (κ2) is 1.60. The molecule has 0 nitrogen and oxygen atoms in total. The quantitative estimate of drug-likeness (QED) is 0.561. The Morgan fingerprint density at radius 2 is 1.90 bits per heavy atom. The van der Waals surface area contributed by atoms with Crippen molar-refractivity contribution in [3.63, 3.8) is 0 Å². The van der Waals surface area contributed by atoms with Crippen molar-refractivity contribution in [2.24, 2.45) is 16.7 Å². The van der Waals surface area contributed by atoms with Gasteiger partial charge in [0, 0.05) is 0 Å². The molecule has 0 aliphatic heterocycles. The predicted molar refractivity (Wildman–Crippen MR) is 43.8 cm³/mol. The van der Waals surface area contributed by atoms with Crippen molar-refractivity contribution in [1.29, 1.82) is 0 Å². The van der Waals surface area contributed by atoms with Crippen LogP contribution in [0.1, 0.15) is 46.5 Å². The van der Waals surface area contributed by atoms with Gasteiger partial charge in [-0.15, -0.1) is 0 Å². The molecule has 0 N–H and O–H groups in total. The minimum absolute atomic E-state index is 0.864. The minimum Gasteiger partial charge on any atom is -0.0654 e. The summed E-state index contributed by atoms with van der Waals surface area (Å²) in [6.45, 7) is 7.10. The third-order valence-corrected chi connectivity index (χ3v) is 3.95. The van der Waals surface area contributed by atoms with E-state index < -0.39 is 0 Å². The summed E-state index contributed by atoms with van der Waals surface area (Å²) >= 11 is 0. The highest BCUT2D eigenvalue weighted by molar-refractivity contribution is 5.31. The smallest absolute Gasteiger partial charge is 0.0207 e. The molecule has 0 radical (unpaired) electrons. The Labute approximate surface area is 64.0 Å². The van der Waals surface area contributed by atoms with E-state index >= 15 is 0 Å². The molecular weight excluding hydrogens is 120 g/mol. The van der Waals surface area contributed by atoms with Gasteiger partial charge in [0.25, 0.3) is 0 Å². The first-order valence-corrected chi connectivity index (χ1v) is 4.67. The van der Waals surface area contributed by atoms with Gasteiger partial charge in [-0.25, -0.2) is 0 Å². The van der Waals surface area contributed by atoms with Crippen molar-refractivity contribution in [3.8, 4) is 0 Å². The Balaban J connectivity index is 1.95. The summed E-state index contributed by atoms with van der Waals surface area (Å²) in [5, 5.41) is 0. The van der Waals surface area contributed by atoms with Crippen molar-refractivity contribution in [2.75, 3.05) is 0 Å². The van der Waals surface area contributed by atoms with Crippen LogP contribution >= 0.6 is 0 Å². The third-order valence-electron chi connectivity index (χ3n) is 3.95. The predicted octanol–water partition coefficient (Wildman–Crippen LogP) is 3.22. The molecule has 58 valence electrons. The number of rotatable bonds is 3. The second-order valence-electron chi connectivity index (χ2n) is 4.69. The molecular formula is C10H18. The van der Waals surface area contributed by atoms with Crippen LogP contribution in [-0.4, -0.2) is 0 Å². The first-order chi connectivity index (χ1) is 4.67. The SMILES string of the molecule is CCCC12CC1(C(C)C)C2. The molecule has 2 aliphatic rings. The Hall–Kier alpha value is 0. The molecule has 0 heteroatoms. The molecule has 10 heavy (non-hydrogen) atoms. The summed E-state index contributed by atoms with van der Waals surface area (Å²) in [6, 6.07) is 0. The van der Waals surface area contributed by atoms with Gasteiger partial charge in [0.15, 0.2) is 0 Å². The van der Waals surface area contributed by atoms with Gasteiger partial charge in [0.05, 0.1) is 0 Å². The lowest BCUT2D eigenvalue weighted by Gasteiger charge is -2.04. The van der Waals surface area contributed by atoms with Gasteiger partial charge in [-0.2, -0.15) is 0 Å². The van der Waals surface area contributed by atoms with Crippen LogP contribution in [-0.2, 0) is 0 Å². The van der Waals surface area contributed by atoms with Crippen molar-refractivity contribution in [1.82, 2.24) is 0 Å². The van der Waals surface area contributed by atoms with E-state index in [1.165, 1.54) is 12.8 Å². The Morgan fingerprint density at radius 1 is 1.30 bits per heavy atom. The van der Waals surface area contributed by atoms with Gasteiger partial charge < -0.3 is 0 Å². The molecule has 0 aromatic carbocycles. The highest BCUT2D eigenvalue weighted by Crippen LogP contribution is 2.90. The van der Waals surface area contributed by atoms with Crippen LogP contribution in [0.25, 0.3) is 0 Å². The van der Waals surface area contributed by atoms with Gasteiger partial charge in [-0.3, -0.25) is 0 Å². The van der Waals surface area contributed by atoms with Gasteiger partial charge in [0.2, 0.25) is 0 Å². The molecule has 2 saturated carbocycles. The molecule has 0 spiro atoms. The first kappa shape index (κ1) is 6.69. The average molecular weight is 138 g/mol. The summed E-state index contributed by atoms with van der Waals surface area (Å²) in [7, 11) is 0. The van der Waals surface area contributed by atoms with Gasteiger partial charge in [0.1, 0.15) is 0 Å². The van der Waals surface area contributed by atoms with Crippen molar-refractivity contribution in [2.45, 2.75) is 46.5 Å². The molecule has 2 fully saturated rings. The van der Waals surface area contributed by atoms with E-state index in [0.29, 0.717) is 0 Å². The van der Waals surface area contributed by atoms with Crippen molar-refractivity contribution in [3.05, 3.63) is 0 Å². The standard InChI is InChI=1S/C10H18/c1-4-5-9-6-10(9,7-9)8(2)3/h8H,4-7H2,1-3H3. The van der Waals surface area contributed by atoms with E-state index in [0.717, 1.165) is 16.7 Å². The van der Waals surface area contributed by atoms with Crippen molar-refractivity contribution >= 4 is 0 Å². The summed E-state index contributed by atoms with van der Waals surface area (Å²) in [4.78, 5) is 0. The van der Waals surface area contributed by atoms with E-state index in [4.69, 9.17) is 0 Å². The van der Waals surface area contributed by atoms with Gasteiger partial charge in [-0.05, 0) is 36.0 Å². The first-order valence-electron chi connectivity index (χ1n) is 4.67. The number of fused-ring (bicyclic) bond motifs is 1. The summed E-state index contributed by atoms with van der Waals surface area (Å²) in [5.74, 6) is 0.957. The summed E-state index contributed by atoms with van der Waals surface area (Å²) in [6.07, 6.45) is 6.02. The van der Waals surface area contributed by atoms with E-state index in [-0.39, 0.29) is 0 Å². The van der Waals surface area contributed by atoms with Crippen LogP contribution in [0.5, 0.6) is 0 Å². The molecule has 2 aliphatic carbocycles. The third kappa shape index (κ3) is 0.538. The number of hydrogen-bond donors (Lipinski definition) is 0. The van der Waals surface area contributed by atoms with Gasteiger partial charge in [-0.1, -0.05) is 27.2 Å². The van der Waals surface area contributed by atoms with E-state index in [1.807, 2.05) is 0 Å². The Morgan fingerprint density at radius 3 is 2.20 bits per heavy atom. The second-order valence-corrected chi connectivity index (χ2v) is 4.69.